The molecule has 4 heteroatoms. The van der Waals surface area contributed by atoms with E-state index in [9.17, 15) is 4.39 Å². The van der Waals surface area contributed by atoms with Crippen molar-refractivity contribution in [3.63, 3.8) is 0 Å². The molecule has 0 aliphatic carbocycles. The average molecular weight is 315 g/mol. The van der Waals surface area contributed by atoms with Gasteiger partial charge in [0.25, 0.3) is 0 Å². The van der Waals surface area contributed by atoms with E-state index in [-0.39, 0.29) is 11.9 Å². The van der Waals surface area contributed by atoms with Gasteiger partial charge in [0.05, 0.1) is 14.2 Å². The molecule has 0 saturated carbocycles. The van der Waals surface area contributed by atoms with Gasteiger partial charge < -0.3 is 9.47 Å². The minimum Gasteiger partial charge on any atom is -0.497 e. The van der Waals surface area contributed by atoms with E-state index >= 15 is 0 Å². The number of hydrogen-bond acceptors (Lipinski definition) is 3. The van der Waals surface area contributed by atoms with Crippen LogP contribution in [0.4, 0.5) is 4.39 Å². The standard InChI is InChI=1S/C19H22FNO2/c1-22-17-9-14(10-18(12-17)23-2)13-21-8-4-7-19(21)15-5-3-6-16(20)11-15/h3,5-6,9-12,19H,4,7-8,13H2,1-2H3/t19-/m1/s1. The van der Waals surface area contributed by atoms with Crippen molar-refractivity contribution in [1.29, 1.82) is 0 Å². The van der Waals surface area contributed by atoms with E-state index in [0.29, 0.717) is 0 Å². The van der Waals surface area contributed by atoms with Crippen LogP contribution in [0.2, 0.25) is 0 Å². The highest BCUT2D eigenvalue weighted by Gasteiger charge is 2.26. The van der Waals surface area contributed by atoms with Gasteiger partial charge in [0.15, 0.2) is 0 Å². The molecule has 1 aliphatic heterocycles. The number of rotatable bonds is 5. The Labute approximate surface area is 136 Å². The summed E-state index contributed by atoms with van der Waals surface area (Å²) in [7, 11) is 3.31. The van der Waals surface area contributed by atoms with Gasteiger partial charge in [-0.3, -0.25) is 4.90 Å². The van der Waals surface area contributed by atoms with Gasteiger partial charge in [-0.15, -0.1) is 0 Å². The third kappa shape index (κ3) is 3.64. The van der Waals surface area contributed by atoms with Crippen molar-refractivity contribution in [2.75, 3.05) is 20.8 Å². The van der Waals surface area contributed by atoms with Crippen molar-refractivity contribution in [1.82, 2.24) is 4.90 Å². The Balaban J connectivity index is 1.81. The first-order valence-electron chi connectivity index (χ1n) is 7.91. The van der Waals surface area contributed by atoms with Gasteiger partial charge in [0.1, 0.15) is 17.3 Å². The van der Waals surface area contributed by atoms with E-state index in [1.807, 2.05) is 24.3 Å². The molecule has 0 N–H and O–H groups in total. The molecule has 0 aromatic heterocycles. The lowest BCUT2D eigenvalue weighted by molar-refractivity contribution is 0.247. The van der Waals surface area contributed by atoms with E-state index in [0.717, 1.165) is 48.6 Å². The maximum Gasteiger partial charge on any atom is 0.123 e. The zero-order valence-electron chi connectivity index (χ0n) is 13.6. The molecule has 1 saturated heterocycles. The highest BCUT2D eigenvalue weighted by atomic mass is 19.1. The molecule has 23 heavy (non-hydrogen) atoms. The normalized spacial score (nSPS) is 18.1. The van der Waals surface area contributed by atoms with E-state index < -0.39 is 0 Å². The summed E-state index contributed by atoms with van der Waals surface area (Å²) in [6.07, 6.45) is 2.19. The number of ether oxygens (including phenoxy) is 2. The van der Waals surface area contributed by atoms with Crippen molar-refractivity contribution < 1.29 is 13.9 Å². The molecule has 1 aliphatic rings. The van der Waals surface area contributed by atoms with Gasteiger partial charge in [0, 0.05) is 18.7 Å². The molecule has 0 spiro atoms. The first-order chi connectivity index (χ1) is 11.2. The van der Waals surface area contributed by atoms with Crippen LogP contribution in [0.5, 0.6) is 11.5 Å². The second-order valence-corrected chi connectivity index (χ2v) is 5.90. The molecular formula is C19H22FNO2. The number of hydrogen-bond donors (Lipinski definition) is 0. The minimum atomic E-state index is -0.169. The molecule has 0 bridgehead atoms. The van der Waals surface area contributed by atoms with Crippen LogP contribution in [0.25, 0.3) is 0 Å². The molecule has 0 amide bonds. The van der Waals surface area contributed by atoms with E-state index in [2.05, 4.69) is 4.90 Å². The molecule has 2 aromatic rings. The van der Waals surface area contributed by atoms with Crippen LogP contribution in [0, 0.1) is 5.82 Å². The van der Waals surface area contributed by atoms with Gasteiger partial charge in [-0.2, -0.15) is 0 Å². The molecule has 3 rings (SSSR count). The molecule has 122 valence electrons. The van der Waals surface area contributed by atoms with E-state index in [1.54, 1.807) is 26.4 Å². The predicted octanol–water partition coefficient (Wildman–Crippen LogP) is 4.18. The second kappa shape index (κ2) is 7.01. The number of methoxy groups -OCH3 is 2. The molecule has 0 radical (unpaired) electrons. The first kappa shape index (κ1) is 15.8. The molecule has 1 fully saturated rings. The number of likely N-dealkylation sites (tertiary alicyclic amines) is 1. The van der Waals surface area contributed by atoms with E-state index in [4.69, 9.17) is 9.47 Å². The van der Waals surface area contributed by atoms with Gasteiger partial charge in [0.2, 0.25) is 0 Å². The Morgan fingerprint density at radius 1 is 1.09 bits per heavy atom. The van der Waals surface area contributed by atoms with Gasteiger partial charge in [-0.1, -0.05) is 12.1 Å². The minimum absolute atomic E-state index is 0.169. The Morgan fingerprint density at radius 3 is 2.48 bits per heavy atom. The van der Waals surface area contributed by atoms with Crippen molar-refractivity contribution >= 4 is 0 Å². The molecule has 0 unspecified atom stereocenters. The van der Waals surface area contributed by atoms with Crippen LogP contribution < -0.4 is 9.47 Å². The monoisotopic (exact) mass is 315 g/mol. The Bertz CT molecular complexity index is 652. The smallest absolute Gasteiger partial charge is 0.123 e. The summed E-state index contributed by atoms with van der Waals surface area (Å²) < 4.78 is 24.2. The maximum atomic E-state index is 13.5. The summed E-state index contributed by atoms with van der Waals surface area (Å²) in [4.78, 5) is 2.39. The van der Waals surface area contributed by atoms with Crippen LogP contribution in [-0.2, 0) is 6.54 Å². The zero-order chi connectivity index (χ0) is 16.2. The van der Waals surface area contributed by atoms with Crippen LogP contribution in [0.1, 0.15) is 30.0 Å². The molecule has 3 nitrogen and oxygen atoms in total. The maximum absolute atomic E-state index is 13.5. The molecule has 2 aromatic carbocycles. The van der Waals surface area contributed by atoms with Crippen LogP contribution in [0.15, 0.2) is 42.5 Å². The number of nitrogens with zero attached hydrogens (tertiary/aromatic N) is 1. The topological polar surface area (TPSA) is 21.7 Å². The van der Waals surface area contributed by atoms with Crippen molar-refractivity contribution in [2.24, 2.45) is 0 Å². The Kier molecular flexibility index (Phi) is 4.82. The average Bonchev–Trinajstić information content (AvgIpc) is 3.02. The summed E-state index contributed by atoms with van der Waals surface area (Å²) in [6.45, 7) is 1.81. The predicted molar refractivity (Wildman–Crippen MR) is 88.3 cm³/mol. The quantitative estimate of drug-likeness (QED) is 0.826. The fraction of sp³-hybridized carbons (Fsp3) is 0.368. The largest absolute Gasteiger partial charge is 0.497 e. The third-order valence-corrected chi connectivity index (χ3v) is 4.39. The lowest BCUT2D eigenvalue weighted by Gasteiger charge is -2.25. The Hall–Kier alpha value is -2.07. The summed E-state index contributed by atoms with van der Waals surface area (Å²) in [6, 6.07) is 13.1. The highest BCUT2D eigenvalue weighted by molar-refractivity contribution is 5.38. The summed E-state index contributed by atoms with van der Waals surface area (Å²) in [5, 5.41) is 0. The summed E-state index contributed by atoms with van der Waals surface area (Å²) >= 11 is 0. The molecular weight excluding hydrogens is 293 g/mol. The second-order valence-electron chi connectivity index (χ2n) is 5.90. The lowest BCUT2D eigenvalue weighted by Crippen LogP contribution is -2.22. The fourth-order valence-electron chi connectivity index (χ4n) is 3.30. The van der Waals surface area contributed by atoms with E-state index in [1.165, 1.54) is 6.07 Å². The van der Waals surface area contributed by atoms with Gasteiger partial charge >= 0.3 is 0 Å². The van der Waals surface area contributed by atoms with Crippen molar-refractivity contribution in [3.05, 3.63) is 59.4 Å². The third-order valence-electron chi connectivity index (χ3n) is 4.39. The number of halogens is 1. The Morgan fingerprint density at radius 2 is 1.83 bits per heavy atom. The van der Waals surface area contributed by atoms with Gasteiger partial charge in [-0.25, -0.2) is 4.39 Å². The van der Waals surface area contributed by atoms with Crippen molar-refractivity contribution in [2.45, 2.75) is 25.4 Å². The fourth-order valence-corrected chi connectivity index (χ4v) is 3.30. The highest BCUT2D eigenvalue weighted by Crippen LogP contribution is 2.34. The summed E-state index contributed by atoms with van der Waals surface area (Å²) in [5.41, 5.74) is 2.20. The van der Waals surface area contributed by atoms with Crippen molar-refractivity contribution in [3.8, 4) is 11.5 Å². The van der Waals surface area contributed by atoms with Gasteiger partial charge in [-0.05, 0) is 54.8 Å². The SMILES string of the molecule is COc1cc(CN2CCC[C@@H]2c2cccc(F)c2)cc(OC)c1. The molecule has 1 atom stereocenters. The number of benzene rings is 2. The zero-order valence-corrected chi connectivity index (χ0v) is 13.6. The van der Waals surface area contributed by atoms with Crippen LogP contribution in [0.3, 0.4) is 0 Å². The van der Waals surface area contributed by atoms with Crippen LogP contribution >= 0.6 is 0 Å². The lowest BCUT2D eigenvalue weighted by atomic mass is 10.0. The summed E-state index contributed by atoms with van der Waals surface area (Å²) in [5.74, 6) is 1.42. The molecule has 1 heterocycles. The van der Waals surface area contributed by atoms with Crippen LogP contribution in [-0.4, -0.2) is 25.7 Å². The first-order valence-corrected chi connectivity index (χ1v) is 7.91.